The number of imidazole rings is 1. The van der Waals surface area contributed by atoms with Gasteiger partial charge in [0.2, 0.25) is 0 Å². The summed E-state index contributed by atoms with van der Waals surface area (Å²) in [6, 6.07) is 2.29. The second kappa shape index (κ2) is 5.17. The fourth-order valence-electron chi connectivity index (χ4n) is 2.63. The maximum Gasteiger partial charge on any atom is 0.134 e. The molecule has 0 aliphatic carbocycles. The minimum atomic E-state index is 0.444. The molecule has 1 aliphatic heterocycles. The molecule has 19 heavy (non-hydrogen) atoms. The van der Waals surface area contributed by atoms with Gasteiger partial charge in [0.05, 0.1) is 6.33 Å². The maximum atomic E-state index is 6.03. The fraction of sp³-hybridized carbons (Fsp3) is 0.462. The molecule has 0 spiro atoms. The SMILES string of the molecule is Cc1nc(Cl)cc(N2CCCC2Cn2ccnc2)n1. The van der Waals surface area contributed by atoms with Crippen LogP contribution in [0.25, 0.3) is 0 Å². The van der Waals surface area contributed by atoms with E-state index in [1.165, 1.54) is 12.8 Å². The molecule has 3 rings (SSSR count). The van der Waals surface area contributed by atoms with Crippen LogP contribution < -0.4 is 4.90 Å². The molecule has 3 heterocycles. The third kappa shape index (κ3) is 2.71. The number of halogens is 1. The highest BCUT2D eigenvalue weighted by Gasteiger charge is 2.26. The predicted molar refractivity (Wildman–Crippen MR) is 74.4 cm³/mol. The van der Waals surface area contributed by atoms with Gasteiger partial charge in [-0.2, -0.15) is 0 Å². The smallest absolute Gasteiger partial charge is 0.134 e. The molecule has 0 amide bonds. The van der Waals surface area contributed by atoms with Crippen molar-refractivity contribution < 1.29 is 0 Å². The van der Waals surface area contributed by atoms with Crippen molar-refractivity contribution >= 4 is 17.4 Å². The number of hydrogen-bond acceptors (Lipinski definition) is 4. The molecule has 0 N–H and O–H groups in total. The Morgan fingerprint density at radius 2 is 2.32 bits per heavy atom. The molecule has 0 radical (unpaired) electrons. The molecule has 1 saturated heterocycles. The summed E-state index contributed by atoms with van der Waals surface area (Å²) in [4.78, 5) is 15.0. The van der Waals surface area contributed by atoms with Crippen molar-refractivity contribution in [3.8, 4) is 0 Å². The van der Waals surface area contributed by atoms with Gasteiger partial charge in [-0.05, 0) is 19.8 Å². The molecular formula is C13H16ClN5. The molecule has 1 aliphatic rings. The molecule has 100 valence electrons. The van der Waals surface area contributed by atoms with Gasteiger partial charge in [0, 0.05) is 37.6 Å². The van der Waals surface area contributed by atoms with E-state index in [-0.39, 0.29) is 0 Å². The molecule has 0 bridgehead atoms. The summed E-state index contributed by atoms with van der Waals surface area (Å²) in [5.41, 5.74) is 0. The summed E-state index contributed by atoms with van der Waals surface area (Å²) >= 11 is 6.03. The van der Waals surface area contributed by atoms with E-state index in [1.807, 2.05) is 31.7 Å². The van der Waals surface area contributed by atoms with Gasteiger partial charge >= 0.3 is 0 Å². The molecule has 0 saturated carbocycles. The van der Waals surface area contributed by atoms with Crippen LogP contribution in [0.3, 0.4) is 0 Å². The fourth-order valence-corrected chi connectivity index (χ4v) is 2.85. The Morgan fingerprint density at radius 1 is 1.42 bits per heavy atom. The third-order valence-electron chi connectivity index (χ3n) is 3.45. The van der Waals surface area contributed by atoms with Gasteiger partial charge < -0.3 is 9.47 Å². The average Bonchev–Trinajstić information content (AvgIpc) is 2.99. The highest BCUT2D eigenvalue weighted by atomic mass is 35.5. The molecular weight excluding hydrogens is 262 g/mol. The van der Waals surface area contributed by atoms with E-state index in [9.17, 15) is 0 Å². The van der Waals surface area contributed by atoms with Gasteiger partial charge in [-0.15, -0.1) is 0 Å². The molecule has 1 atom stereocenters. The van der Waals surface area contributed by atoms with Crippen LogP contribution in [0.4, 0.5) is 5.82 Å². The number of nitrogens with zero attached hydrogens (tertiary/aromatic N) is 5. The van der Waals surface area contributed by atoms with Crippen LogP contribution in [-0.2, 0) is 6.54 Å². The van der Waals surface area contributed by atoms with Crippen molar-refractivity contribution in [3.63, 3.8) is 0 Å². The predicted octanol–water partition coefficient (Wildman–Crippen LogP) is 2.30. The first kappa shape index (κ1) is 12.4. The van der Waals surface area contributed by atoms with Crippen LogP contribution >= 0.6 is 11.6 Å². The van der Waals surface area contributed by atoms with Crippen molar-refractivity contribution in [2.75, 3.05) is 11.4 Å². The molecule has 2 aromatic heterocycles. The van der Waals surface area contributed by atoms with Crippen LogP contribution in [0.2, 0.25) is 5.15 Å². The first-order valence-corrected chi connectivity index (χ1v) is 6.84. The molecule has 5 nitrogen and oxygen atoms in total. The Hall–Kier alpha value is -1.62. The quantitative estimate of drug-likeness (QED) is 0.808. The molecule has 6 heteroatoms. The van der Waals surface area contributed by atoms with Gasteiger partial charge in [0.1, 0.15) is 16.8 Å². The van der Waals surface area contributed by atoms with Crippen molar-refractivity contribution in [2.45, 2.75) is 32.4 Å². The lowest BCUT2D eigenvalue weighted by Gasteiger charge is -2.26. The Labute approximate surface area is 117 Å². The second-order valence-corrected chi connectivity index (χ2v) is 5.23. The van der Waals surface area contributed by atoms with Crippen LogP contribution in [-0.4, -0.2) is 32.1 Å². The largest absolute Gasteiger partial charge is 0.352 e. The normalized spacial score (nSPS) is 19.1. The number of anilines is 1. The van der Waals surface area contributed by atoms with E-state index in [0.717, 1.165) is 24.7 Å². The van der Waals surface area contributed by atoms with Gasteiger partial charge in [0.25, 0.3) is 0 Å². The highest BCUT2D eigenvalue weighted by molar-refractivity contribution is 6.29. The van der Waals surface area contributed by atoms with E-state index < -0.39 is 0 Å². The summed E-state index contributed by atoms with van der Waals surface area (Å²) in [5.74, 6) is 1.65. The minimum absolute atomic E-state index is 0.444. The van der Waals surface area contributed by atoms with Crippen molar-refractivity contribution in [3.05, 3.63) is 35.8 Å². The van der Waals surface area contributed by atoms with Crippen LogP contribution in [0.5, 0.6) is 0 Å². The van der Waals surface area contributed by atoms with E-state index in [4.69, 9.17) is 11.6 Å². The zero-order valence-electron chi connectivity index (χ0n) is 10.8. The molecule has 1 unspecified atom stereocenters. The standard InChI is InChI=1S/C13H16ClN5/c1-10-16-12(14)7-13(17-10)19-5-2-3-11(19)8-18-6-4-15-9-18/h4,6-7,9,11H,2-3,5,8H2,1H3. The zero-order valence-corrected chi connectivity index (χ0v) is 11.6. The lowest BCUT2D eigenvalue weighted by atomic mass is 10.2. The Bertz CT molecular complexity index is 534. The summed E-state index contributed by atoms with van der Waals surface area (Å²) in [7, 11) is 0. The molecule has 2 aromatic rings. The summed E-state index contributed by atoms with van der Waals surface area (Å²) in [6.07, 6.45) is 8.01. The second-order valence-electron chi connectivity index (χ2n) is 4.85. The van der Waals surface area contributed by atoms with E-state index in [1.54, 1.807) is 0 Å². The lowest BCUT2D eigenvalue weighted by molar-refractivity contribution is 0.546. The maximum absolute atomic E-state index is 6.03. The first-order chi connectivity index (χ1) is 9.22. The monoisotopic (exact) mass is 277 g/mol. The topological polar surface area (TPSA) is 46.8 Å². The van der Waals surface area contributed by atoms with Crippen LogP contribution in [0.15, 0.2) is 24.8 Å². The molecule has 0 aromatic carbocycles. The highest BCUT2D eigenvalue weighted by Crippen LogP contribution is 2.26. The van der Waals surface area contributed by atoms with Crippen molar-refractivity contribution in [1.29, 1.82) is 0 Å². The van der Waals surface area contributed by atoms with Crippen LogP contribution in [0, 0.1) is 6.92 Å². The number of rotatable bonds is 3. The third-order valence-corrected chi connectivity index (χ3v) is 3.64. The van der Waals surface area contributed by atoms with Crippen molar-refractivity contribution in [2.24, 2.45) is 0 Å². The van der Waals surface area contributed by atoms with Gasteiger partial charge in [0.15, 0.2) is 0 Å². The Balaban J connectivity index is 1.82. The number of hydrogen-bond donors (Lipinski definition) is 0. The Kier molecular flexibility index (Phi) is 3.38. The molecule has 1 fully saturated rings. The summed E-state index contributed by atoms with van der Waals surface area (Å²) < 4.78 is 2.11. The van der Waals surface area contributed by atoms with Crippen molar-refractivity contribution in [1.82, 2.24) is 19.5 Å². The van der Waals surface area contributed by atoms with E-state index in [0.29, 0.717) is 11.2 Å². The number of aryl methyl sites for hydroxylation is 1. The summed E-state index contributed by atoms with van der Waals surface area (Å²) in [6.45, 7) is 3.82. The van der Waals surface area contributed by atoms with Crippen LogP contribution in [0.1, 0.15) is 18.7 Å². The van der Waals surface area contributed by atoms with Gasteiger partial charge in [-0.25, -0.2) is 15.0 Å². The zero-order chi connectivity index (χ0) is 13.2. The minimum Gasteiger partial charge on any atom is -0.352 e. The van der Waals surface area contributed by atoms with E-state index >= 15 is 0 Å². The van der Waals surface area contributed by atoms with Gasteiger partial charge in [-0.1, -0.05) is 11.6 Å². The van der Waals surface area contributed by atoms with E-state index in [2.05, 4.69) is 24.4 Å². The number of aromatic nitrogens is 4. The summed E-state index contributed by atoms with van der Waals surface area (Å²) in [5, 5.41) is 0.510. The van der Waals surface area contributed by atoms with Gasteiger partial charge in [-0.3, -0.25) is 0 Å². The Morgan fingerprint density at radius 3 is 3.05 bits per heavy atom. The average molecular weight is 278 g/mol. The first-order valence-electron chi connectivity index (χ1n) is 6.46. The lowest BCUT2D eigenvalue weighted by Crippen LogP contribution is -2.33.